The van der Waals surface area contributed by atoms with Crippen LogP contribution in [-0.4, -0.2) is 31.4 Å². The lowest BCUT2D eigenvalue weighted by atomic mass is 10.2. The summed E-state index contributed by atoms with van der Waals surface area (Å²) in [4.78, 5) is 24.1. The summed E-state index contributed by atoms with van der Waals surface area (Å²) in [6, 6.07) is -1.05. The molecule has 0 spiro atoms. The number of halogens is 4. The van der Waals surface area contributed by atoms with E-state index >= 15 is 0 Å². The molecule has 146 valence electrons. The van der Waals surface area contributed by atoms with E-state index in [9.17, 15) is 22.8 Å². The van der Waals surface area contributed by atoms with E-state index in [1.807, 2.05) is 0 Å². The number of amides is 2. The van der Waals surface area contributed by atoms with Crippen molar-refractivity contribution in [2.45, 2.75) is 37.9 Å². The highest BCUT2D eigenvalue weighted by Gasteiger charge is 2.43. The second-order valence-electron chi connectivity index (χ2n) is 6.32. The number of nitrogens with two attached hydrogens (primary N) is 1. The summed E-state index contributed by atoms with van der Waals surface area (Å²) in [5, 5.41) is 9.98. The van der Waals surface area contributed by atoms with Crippen LogP contribution >= 0.6 is 15.9 Å². The van der Waals surface area contributed by atoms with Crippen molar-refractivity contribution in [2.75, 3.05) is 5.32 Å². The molecule has 12 heteroatoms. The van der Waals surface area contributed by atoms with Crippen LogP contribution < -0.4 is 11.1 Å². The van der Waals surface area contributed by atoms with Gasteiger partial charge in [0.1, 0.15) is 11.7 Å². The normalized spacial score (nSPS) is 15.6. The summed E-state index contributed by atoms with van der Waals surface area (Å²) in [6.07, 6.45) is -1.95. The summed E-state index contributed by atoms with van der Waals surface area (Å²) >= 11 is 2.99. The molecule has 1 aliphatic rings. The van der Waals surface area contributed by atoms with Crippen LogP contribution in [0.3, 0.4) is 0 Å². The molecule has 3 N–H and O–H groups in total. The van der Waals surface area contributed by atoms with Crippen LogP contribution in [0, 0.1) is 0 Å². The third-order valence-electron chi connectivity index (χ3n) is 4.30. The van der Waals surface area contributed by atoms with Crippen molar-refractivity contribution in [1.82, 2.24) is 19.6 Å². The molecule has 2 aromatic heterocycles. The Kier molecular flexibility index (Phi) is 4.78. The highest BCUT2D eigenvalue weighted by molar-refractivity contribution is 9.10. The van der Waals surface area contributed by atoms with Crippen LogP contribution in [0.5, 0.6) is 0 Å². The Morgan fingerprint density at radius 1 is 1.41 bits per heavy atom. The number of nitrogens with one attached hydrogen (secondary N) is 1. The maximum absolute atomic E-state index is 13.2. The molecule has 0 aliphatic heterocycles. The van der Waals surface area contributed by atoms with Crippen LogP contribution in [0.15, 0.2) is 10.7 Å². The van der Waals surface area contributed by atoms with Crippen molar-refractivity contribution in [1.29, 1.82) is 0 Å². The zero-order valence-corrected chi connectivity index (χ0v) is 15.9. The minimum atomic E-state index is -4.65. The smallest absolute Gasteiger partial charge is 0.364 e. The summed E-state index contributed by atoms with van der Waals surface area (Å²) in [6.45, 7) is 1.43. The van der Waals surface area contributed by atoms with Crippen molar-refractivity contribution in [3.8, 4) is 0 Å². The van der Waals surface area contributed by atoms with Crippen LogP contribution in [-0.2, 0) is 18.0 Å². The maximum atomic E-state index is 13.2. The first-order chi connectivity index (χ1) is 12.5. The Bertz CT molecular complexity index is 916. The molecule has 2 amide bonds. The summed E-state index contributed by atoms with van der Waals surface area (Å²) < 4.78 is 41.8. The van der Waals surface area contributed by atoms with Crippen LogP contribution in [0.1, 0.15) is 53.6 Å². The Hall–Kier alpha value is -2.37. The second-order valence-corrected chi connectivity index (χ2v) is 7.12. The average molecular weight is 449 g/mol. The van der Waals surface area contributed by atoms with Gasteiger partial charge in [0, 0.05) is 13.0 Å². The van der Waals surface area contributed by atoms with Gasteiger partial charge in [0.25, 0.3) is 5.91 Å². The number of anilines is 1. The van der Waals surface area contributed by atoms with E-state index in [1.165, 1.54) is 24.9 Å². The number of hydrogen-bond donors (Lipinski definition) is 2. The Morgan fingerprint density at radius 3 is 2.56 bits per heavy atom. The molecule has 0 bridgehead atoms. The standard InChI is InChI=1S/C15H16BrF3N6O2/c1-6(14(27)22-8-5-21-24(2)11(8)13(20)26)25-10(7-3-4-7)9(16)12(23-25)15(17,18)19/h5-7H,3-4H2,1-2H3,(H2,20,26)(H,22,27). The first-order valence-corrected chi connectivity index (χ1v) is 8.79. The molecule has 27 heavy (non-hydrogen) atoms. The molecule has 0 saturated heterocycles. The van der Waals surface area contributed by atoms with E-state index in [-0.39, 0.29) is 21.8 Å². The van der Waals surface area contributed by atoms with Gasteiger partial charge in [-0.05, 0) is 35.7 Å². The summed E-state index contributed by atoms with van der Waals surface area (Å²) in [7, 11) is 1.48. The maximum Gasteiger partial charge on any atom is 0.436 e. The zero-order chi connectivity index (χ0) is 20.1. The van der Waals surface area contributed by atoms with Gasteiger partial charge in [-0.1, -0.05) is 0 Å². The molecule has 1 fully saturated rings. The molecule has 0 radical (unpaired) electrons. The molecule has 0 aromatic carbocycles. The van der Waals surface area contributed by atoms with Crippen molar-refractivity contribution >= 4 is 33.4 Å². The van der Waals surface area contributed by atoms with Gasteiger partial charge in [0.2, 0.25) is 5.91 Å². The summed E-state index contributed by atoms with van der Waals surface area (Å²) in [5.41, 5.74) is 4.60. The van der Waals surface area contributed by atoms with Gasteiger partial charge in [-0.3, -0.25) is 19.0 Å². The third kappa shape index (κ3) is 3.57. The molecular formula is C15H16BrF3N6O2. The van der Waals surface area contributed by atoms with E-state index in [4.69, 9.17) is 5.73 Å². The molecule has 1 atom stereocenters. The van der Waals surface area contributed by atoms with Crippen LogP contribution in [0.4, 0.5) is 18.9 Å². The predicted octanol–water partition coefficient (Wildman–Crippen LogP) is 2.57. The fraction of sp³-hybridized carbons (Fsp3) is 0.467. The van der Waals surface area contributed by atoms with Gasteiger partial charge < -0.3 is 11.1 Å². The monoisotopic (exact) mass is 448 g/mol. The minimum Gasteiger partial charge on any atom is -0.364 e. The quantitative estimate of drug-likeness (QED) is 0.732. The molecule has 2 heterocycles. The first kappa shape index (κ1) is 19.4. The Labute approximate surface area is 160 Å². The number of rotatable bonds is 5. The van der Waals surface area contributed by atoms with Crippen LogP contribution in [0.25, 0.3) is 0 Å². The molecule has 1 unspecified atom stereocenters. The average Bonchev–Trinajstić information content (AvgIpc) is 3.23. The first-order valence-electron chi connectivity index (χ1n) is 8.00. The lowest BCUT2D eigenvalue weighted by molar-refractivity contribution is -0.142. The van der Waals surface area contributed by atoms with Gasteiger partial charge in [-0.25, -0.2) is 0 Å². The van der Waals surface area contributed by atoms with E-state index in [2.05, 4.69) is 31.4 Å². The van der Waals surface area contributed by atoms with Crippen molar-refractivity contribution in [3.05, 3.63) is 27.8 Å². The summed E-state index contributed by atoms with van der Waals surface area (Å²) in [5.74, 6) is -1.52. The fourth-order valence-electron chi connectivity index (χ4n) is 2.80. The topological polar surface area (TPSA) is 108 Å². The van der Waals surface area contributed by atoms with Gasteiger partial charge in [0.15, 0.2) is 5.69 Å². The molecular weight excluding hydrogens is 433 g/mol. The van der Waals surface area contributed by atoms with E-state index in [0.29, 0.717) is 5.69 Å². The van der Waals surface area contributed by atoms with Crippen molar-refractivity contribution in [3.63, 3.8) is 0 Å². The van der Waals surface area contributed by atoms with Gasteiger partial charge in [0.05, 0.1) is 22.1 Å². The lowest BCUT2D eigenvalue weighted by Gasteiger charge is -2.15. The number of carbonyl (C=O) groups is 2. The molecule has 8 nitrogen and oxygen atoms in total. The third-order valence-corrected chi connectivity index (χ3v) is 5.08. The van der Waals surface area contributed by atoms with E-state index in [1.54, 1.807) is 0 Å². The van der Waals surface area contributed by atoms with Gasteiger partial charge in [-0.2, -0.15) is 23.4 Å². The van der Waals surface area contributed by atoms with E-state index in [0.717, 1.165) is 17.5 Å². The lowest BCUT2D eigenvalue weighted by Crippen LogP contribution is -2.27. The molecule has 1 aliphatic carbocycles. The highest BCUT2D eigenvalue weighted by Crippen LogP contribution is 2.47. The Balaban J connectivity index is 1.93. The number of carbonyl (C=O) groups excluding carboxylic acids is 2. The number of primary amides is 1. The molecule has 2 aromatic rings. The SMILES string of the molecule is CC(C(=O)Nc1cnn(C)c1C(N)=O)n1nc(C(F)(F)F)c(Br)c1C1CC1. The molecule has 3 rings (SSSR count). The second kappa shape index (κ2) is 6.66. The fourth-order valence-corrected chi connectivity index (χ4v) is 3.61. The minimum absolute atomic E-state index is 0.0180. The number of aryl methyl sites for hydroxylation is 1. The van der Waals surface area contributed by atoms with Gasteiger partial charge >= 0.3 is 6.18 Å². The number of hydrogen-bond acceptors (Lipinski definition) is 4. The number of alkyl halides is 3. The number of aromatic nitrogens is 4. The van der Waals surface area contributed by atoms with Gasteiger partial charge in [-0.15, -0.1) is 0 Å². The predicted molar refractivity (Wildman–Crippen MR) is 92.0 cm³/mol. The zero-order valence-electron chi connectivity index (χ0n) is 14.3. The highest BCUT2D eigenvalue weighted by atomic mass is 79.9. The Morgan fingerprint density at radius 2 is 2.04 bits per heavy atom. The number of nitrogens with zero attached hydrogens (tertiary/aromatic N) is 4. The van der Waals surface area contributed by atoms with Crippen molar-refractivity contribution in [2.24, 2.45) is 12.8 Å². The van der Waals surface area contributed by atoms with E-state index < -0.39 is 29.7 Å². The molecule has 1 saturated carbocycles. The van der Waals surface area contributed by atoms with Crippen LogP contribution in [0.2, 0.25) is 0 Å². The largest absolute Gasteiger partial charge is 0.436 e. The van der Waals surface area contributed by atoms with Crippen molar-refractivity contribution < 1.29 is 22.8 Å².